The molecule has 0 nitrogen and oxygen atoms in total. The van der Waals surface area contributed by atoms with Crippen LogP contribution in [0.2, 0.25) is 10.0 Å². The molecule has 4 bridgehead atoms. The molecule has 182 valence electrons. The molecular formula is C35H28Cl2. The van der Waals surface area contributed by atoms with Gasteiger partial charge >= 0.3 is 0 Å². The van der Waals surface area contributed by atoms with E-state index in [1.807, 2.05) is 6.07 Å². The summed E-state index contributed by atoms with van der Waals surface area (Å²) in [5.74, 6) is 3.26. The van der Waals surface area contributed by atoms with E-state index in [0.717, 1.165) is 28.3 Å². The first-order chi connectivity index (χ1) is 18.1. The molecule has 4 fully saturated rings. The second kappa shape index (κ2) is 7.31. The van der Waals surface area contributed by atoms with Gasteiger partial charge in [-0.2, -0.15) is 0 Å². The van der Waals surface area contributed by atoms with Gasteiger partial charge in [0.25, 0.3) is 0 Å². The van der Waals surface area contributed by atoms with Crippen LogP contribution in [0.4, 0.5) is 0 Å². The zero-order chi connectivity index (χ0) is 24.5. The lowest BCUT2D eigenvalue weighted by Gasteiger charge is -2.61. The molecule has 0 atom stereocenters. The fourth-order valence-corrected chi connectivity index (χ4v) is 10.3. The Morgan fingerprint density at radius 1 is 0.595 bits per heavy atom. The smallest absolute Gasteiger partial charge is 0.0502 e. The average Bonchev–Trinajstić information content (AvgIpc) is 3.40. The quantitative estimate of drug-likeness (QED) is 0.207. The highest BCUT2D eigenvalue weighted by atomic mass is 35.5. The van der Waals surface area contributed by atoms with Crippen molar-refractivity contribution in [3.63, 3.8) is 0 Å². The third kappa shape index (κ3) is 2.71. The lowest BCUT2D eigenvalue weighted by atomic mass is 9.43. The summed E-state index contributed by atoms with van der Waals surface area (Å²) in [5.41, 5.74) is 13.8. The van der Waals surface area contributed by atoms with Gasteiger partial charge in [0.15, 0.2) is 0 Å². The van der Waals surface area contributed by atoms with Crippen LogP contribution in [0.3, 0.4) is 0 Å². The van der Waals surface area contributed by atoms with Crippen molar-refractivity contribution in [2.75, 3.05) is 0 Å². The van der Waals surface area contributed by atoms with Crippen LogP contribution in [0, 0.1) is 23.7 Å². The maximum atomic E-state index is 7.05. The predicted octanol–water partition coefficient (Wildman–Crippen LogP) is 9.95. The zero-order valence-electron chi connectivity index (χ0n) is 20.7. The largest absolute Gasteiger partial charge is 0.0843 e. The van der Waals surface area contributed by atoms with Crippen molar-refractivity contribution in [2.45, 2.75) is 43.9 Å². The Balaban J connectivity index is 1.25. The third-order valence-corrected chi connectivity index (χ3v) is 11.3. The van der Waals surface area contributed by atoms with Gasteiger partial charge in [0.1, 0.15) is 0 Å². The fourth-order valence-electron chi connectivity index (χ4n) is 9.72. The summed E-state index contributed by atoms with van der Waals surface area (Å²) in [6, 6.07) is 27.4. The Morgan fingerprint density at radius 2 is 1.27 bits per heavy atom. The van der Waals surface area contributed by atoms with Gasteiger partial charge < -0.3 is 0 Å². The molecule has 0 radical (unpaired) electrons. The molecule has 1 spiro atoms. The van der Waals surface area contributed by atoms with Crippen LogP contribution in [-0.2, 0) is 11.8 Å². The van der Waals surface area contributed by atoms with Gasteiger partial charge in [-0.3, -0.25) is 0 Å². The standard InChI is InChI=1S/C35H28Cl2/c36-27-17-32-34(33(37)18-27)30-16-22(21-5-6-24-14-23-3-1-2-4-28(23)29(24)15-21)7-8-31(30)35(32)25-10-19-9-20(12-25)13-26(35)11-19/h1-8,15-20,25-26H,9-14H2. The maximum Gasteiger partial charge on any atom is 0.0502 e. The molecule has 10 rings (SSSR count). The summed E-state index contributed by atoms with van der Waals surface area (Å²) in [6.07, 6.45) is 7.94. The lowest BCUT2D eigenvalue weighted by molar-refractivity contribution is -0.0399. The lowest BCUT2D eigenvalue weighted by Crippen LogP contribution is -2.55. The molecule has 0 aromatic heterocycles. The molecule has 6 aliphatic rings. The van der Waals surface area contributed by atoms with Gasteiger partial charge in [0, 0.05) is 16.0 Å². The molecule has 0 N–H and O–H groups in total. The normalized spacial score (nSPS) is 29.4. The van der Waals surface area contributed by atoms with E-state index in [9.17, 15) is 0 Å². The Labute approximate surface area is 228 Å². The van der Waals surface area contributed by atoms with Crippen LogP contribution >= 0.6 is 23.2 Å². The number of hydrogen-bond donors (Lipinski definition) is 0. The monoisotopic (exact) mass is 518 g/mol. The number of hydrogen-bond acceptors (Lipinski definition) is 0. The van der Waals surface area contributed by atoms with E-state index < -0.39 is 0 Å². The first-order valence-electron chi connectivity index (χ1n) is 14.0. The highest BCUT2D eigenvalue weighted by Gasteiger charge is 2.61. The highest BCUT2D eigenvalue weighted by Crippen LogP contribution is 2.70. The van der Waals surface area contributed by atoms with Crippen molar-refractivity contribution in [3.8, 4) is 33.4 Å². The van der Waals surface area contributed by atoms with Crippen molar-refractivity contribution < 1.29 is 0 Å². The summed E-state index contributed by atoms with van der Waals surface area (Å²) in [5, 5.41) is 1.59. The third-order valence-electron chi connectivity index (χ3n) is 10.8. The minimum Gasteiger partial charge on any atom is -0.0843 e. The van der Waals surface area contributed by atoms with Gasteiger partial charge in [0.05, 0.1) is 5.02 Å². The van der Waals surface area contributed by atoms with Crippen LogP contribution in [-0.4, -0.2) is 0 Å². The van der Waals surface area contributed by atoms with E-state index in [1.54, 1.807) is 0 Å². The van der Waals surface area contributed by atoms with Crippen LogP contribution < -0.4 is 0 Å². The molecule has 0 heterocycles. The van der Waals surface area contributed by atoms with Crippen molar-refractivity contribution in [2.24, 2.45) is 23.7 Å². The molecule has 37 heavy (non-hydrogen) atoms. The Bertz CT molecular complexity index is 1620. The van der Waals surface area contributed by atoms with Crippen molar-refractivity contribution >= 4 is 23.2 Å². The molecule has 0 saturated heterocycles. The molecule has 0 unspecified atom stereocenters. The van der Waals surface area contributed by atoms with Crippen molar-refractivity contribution in [1.82, 2.24) is 0 Å². The molecule has 4 aromatic rings. The SMILES string of the molecule is Clc1cc(Cl)c2c(c1)C1(c3ccc(-c4ccc5c(c4)-c4ccccc4C5)cc3-2)C2CC3CC(C2)CC1C3. The van der Waals surface area contributed by atoms with Gasteiger partial charge in [-0.15, -0.1) is 0 Å². The van der Waals surface area contributed by atoms with Gasteiger partial charge in [-0.1, -0.05) is 71.7 Å². The Hall–Kier alpha value is -2.54. The fraction of sp³-hybridized carbons (Fsp3) is 0.314. The van der Waals surface area contributed by atoms with E-state index in [-0.39, 0.29) is 5.41 Å². The molecule has 0 amide bonds. The van der Waals surface area contributed by atoms with E-state index in [1.165, 1.54) is 87.7 Å². The molecule has 6 aliphatic carbocycles. The second-order valence-electron chi connectivity index (χ2n) is 12.4. The summed E-state index contributed by atoms with van der Waals surface area (Å²) >= 11 is 13.8. The Morgan fingerprint density at radius 3 is 2.05 bits per heavy atom. The molecular weight excluding hydrogens is 491 g/mol. The van der Waals surface area contributed by atoms with Crippen LogP contribution in [0.5, 0.6) is 0 Å². The second-order valence-corrected chi connectivity index (χ2v) is 13.3. The maximum absolute atomic E-state index is 7.05. The number of halogens is 2. The number of fused-ring (bicyclic) bond motifs is 6. The first-order valence-corrected chi connectivity index (χ1v) is 14.7. The van der Waals surface area contributed by atoms with Crippen LogP contribution in [0.25, 0.3) is 33.4 Å². The Kier molecular flexibility index (Phi) is 4.23. The predicted molar refractivity (Wildman–Crippen MR) is 153 cm³/mol. The van der Waals surface area contributed by atoms with Gasteiger partial charge in [-0.05, 0) is 137 Å². The zero-order valence-corrected chi connectivity index (χ0v) is 22.2. The van der Waals surface area contributed by atoms with Crippen molar-refractivity contribution in [3.05, 3.63) is 105 Å². The molecule has 2 heteroatoms. The first kappa shape index (κ1) is 21.4. The van der Waals surface area contributed by atoms with E-state index in [0.29, 0.717) is 11.8 Å². The van der Waals surface area contributed by atoms with Crippen molar-refractivity contribution in [1.29, 1.82) is 0 Å². The molecule has 0 aliphatic heterocycles. The van der Waals surface area contributed by atoms with Gasteiger partial charge in [-0.25, -0.2) is 0 Å². The number of benzene rings is 4. The average molecular weight is 520 g/mol. The van der Waals surface area contributed by atoms with Gasteiger partial charge in [0.2, 0.25) is 0 Å². The van der Waals surface area contributed by atoms with Crippen LogP contribution in [0.1, 0.15) is 54.4 Å². The summed E-state index contributed by atoms with van der Waals surface area (Å²) in [6.45, 7) is 0. The number of rotatable bonds is 1. The molecule has 4 aromatic carbocycles. The van der Waals surface area contributed by atoms with Crippen LogP contribution in [0.15, 0.2) is 72.8 Å². The summed E-state index contributed by atoms with van der Waals surface area (Å²) in [7, 11) is 0. The molecule has 4 saturated carbocycles. The minimum absolute atomic E-state index is 0.0853. The summed E-state index contributed by atoms with van der Waals surface area (Å²) in [4.78, 5) is 0. The summed E-state index contributed by atoms with van der Waals surface area (Å²) < 4.78 is 0. The van der Waals surface area contributed by atoms with E-state index in [2.05, 4.69) is 66.7 Å². The van der Waals surface area contributed by atoms with E-state index in [4.69, 9.17) is 23.2 Å². The van der Waals surface area contributed by atoms with E-state index >= 15 is 0 Å². The highest BCUT2D eigenvalue weighted by molar-refractivity contribution is 6.37. The minimum atomic E-state index is 0.0853. The topological polar surface area (TPSA) is 0 Å².